The molecule has 2 aromatic heterocycles. The first-order valence-corrected chi connectivity index (χ1v) is 9.78. The van der Waals surface area contributed by atoms with Crippen molar-refractivity contribution in [3.63, 3.8) is 0 Å². The zero-order valence-electron chi connectivity index (χ0n) is 16.3. The number of hydrogen-bond acceptors (Lipinski definition) is 7. The number of nitrogens with zero attached hydrogens (tertiary/aromatic N) is 2. The molecule has 0 fully saturated rings. The van der Waals surface area contributed by atoms with Crippen molar-refractivity contribution >= 4 is 17.7 Å². The van der Waals surface area contributed by atoms with E-state index in [-0.39, 0.29) is 6.61 Å². The van der Waals surface area contributed by atoms with E-state index in [0.717, 1.165) is 28.1 Å². The molecular weight excluding hydrogens is 376 g/mol. The summed E-state index contributed by atoms with van der Waals surface area (Å²) in [4.78, 5) is 17.0. The van der Waals surface area contributed by atoms with E-state index >= 15 is 0 Å². The molecule has 146 valence electrons. The predicted molar refractivity (Wildman–Crippen MR) is 107 cm³/mol. The van der Waals surface area contributed by atoms with E-state index in [2.05, 4.69) is 10.1 Å². The average molecular weight is 398 g/mol. The van der Waals surface area contributed by atoms with Crippen LogP contribution in [0, 0.1) is 20.8 Å². The molecule has 0 spiro atoms. The van der Waals surface area contributed by atoms with Gasteiger partial charge in [0.15, 0.2) is 0 Å². The second kappa shape index (κ2) is 8.93. The van der Waals surface area contributed by atoms with Crippen LogP contribution in [-0.4, -0.2) is 23.2 Å². The fraction of sp³-hybridized carbons (Fsp3) is 0.286. The standard InChI is InChI=1S/C21H22N2O4S/c1-13-7-8-19(25-4)16(10-13)11-26-21(24)17-6-5-9-22-20(17)28-12-18-14(2)23-27-15(18)3/h5-10H,11-12H2,1-4H3. The van der Waals surface area contributed by atoms with Crippen molar-refractivity contribution in [2.24, 2.45) is 0 Å². The third-order valence-corrected chi connectivity index (χ3v) is 5.35. The van der Waals surface area contributed by atoms with Gasteiger partial charge in [-0.3, -0.25) is 0 Å². The van der Waals surface area contributed by atoms with Gasteiger partial charge in [0.05, 0.1) is 18.4 Å². The number of pyridine rings is 1. The molecule has 1 aromatic carbocycles. The number of aryl methyl sites for hydroxylation is 3. The first kappa shape index (κ1) is 19.9. The lowest BCUT2D eigenvalue weighted by atomic mass is 10.1. The Morgan fingerprint density at radius 1 is 1.21 bits per heavy atom. The molecule has 3 rings (SSSR count). The molecule has 0 unspecified atom stereocenters. The third-order valence-electron chi connectivity index (χ3n) is 4.32. The molecule has 0 saturated carbocycles. The van der Waals surface area contributed by atoms with Crippen LogP contribution < -0.4 is 4.74 Å². The van der Waals surface area contributed by atoms with Crippen LogP contribution in [0.1, 0.15) is 38.5 Å². The number of aromatic nitrogens is 2. The van der Waals surface area contributed by atoms with Crippen LogP contribution in [0.2, 0.25) is 0 Å². The Morgan fingerprint density at radius 3 is 2.75 bits per heavy atom. The Balaban J connectivity index is 1.72. The van der Waals surface area contributed by atoms with Crippen molar-refractivity contribution in [2.45, 2.75) is 38.2 Å². The second-order valence-corrected chi connectivity index (χ2v) is 7.30. The molecule has 3 aromatic rings. The van der Waals surface area contributed by atoms with Gasteiger partial charge in [0.1, 0.15) is 23.1 Å². The monoisotopic (exact) mass is 398 g/mol. The van der Waals surface area contributed by atoms with Gasteiger partial charge in [-0.1, -0.05) is 16.8 Å². The molecule has 0 bridgehead atoms. The summed E-state index contributed by atoms with van der Waals surface area (Å²) in [6, 6.07) is 9.22. The lowest BCUT2D eigenvalue weighted by Gasteiger charge is -2.11. The van der Waals surface area contributed by atoms with Gasteiger partial charge in [-0.05, 0) is 45.0 Å². The summed E-state index contributed by atoms with van der Waals surface area (Å²) in [5, 5.41) is 4.57. The van der Waals surface area contributed by atoms with Gasteiger partial charge < -0.3 is 14.0 Å². The van der Waals surface area contributed by atoms with E-state index < -0.39 is 5.97 Å². The highest BCUT2D eigenvalue weighted by Crippen LogP contribution is 2.28. The van der Waals surface area contributed by atoms with Gasteiger partial charge in [-0.25, -0.2) is 9.78 Å². The molecule has 6 nitrogen and oxygen atoms in total. The smallest absolute Gasteiger partial charge is 0.341 e. The predicted octanol–water partition coefficient (Wildman–Crippen LogP) is 4.65. The summed E-state index contributed by atoms with van der Waals surface area (Å²) in [7, 11) is 1.60. The largest absolute Gasteiger partial charge is 0.496 e. The molecule has 7 heteroatoms. The highest BCUT2D eigenvalue weighted by molar-refractivity contribution is 7.98. The lowest BCUT2D eigenvalue weighted by Crippen LogP contribution is -2.08. The van der Waals surface area contributed by atoms with Crippen LogP contribution in [0.3, 0.4) is 0 Å². The summed E-state index contributed by atoms with van der Waals surface area (Å²) < 4.78 is 16.1. The highest BCUT2D eigenvalue weighted by Gasteiger charge is 2.17. The molecule has 0 saturated heterocycles. The maximum atomic E-state index is 12.7. The van der Waals surface area contributed by atoms with Crippen LogP contribution in [0.25, 0.3) is 0 Å². The highest BCUT2D eigenvalue weighted by atomic mass is 32.2. The molecule has 0 N–H and O–H groups in total. The molecule has 0 aliphatic carbocycles. The SMILES string of the molecule is COc1ccc(C)cc1COC(=O)c1cccnc1SCc1c(C)noc1C. The third kappa shape index (κ3) is 4.54. The quantitative estimate of drug-likeness (QED) is 0.423. The molecule has 0 amide bonds. The van der Waals surface area contributed by atoms with Crippen LogP contribution in [-0.2, 0) is 17.1 Å². The summed E-state index contributed by atoms with van der Waals surface area (Å²) in [5.74, 6) is 1.66. The Kier molecular flexibility index (Phi) is 6.36. The summed E-state index contributed by atoms with van der Waals surface area (Å²) in [6.45, 7) is 5.88. The molecule has 0 aliphatic heterocycles. The van der Waals surface area contributed by atoms with Crippen molar-refractivity contribution in [1.29, 1.82) is 0 Å². The first-order valence-electron chi connectivity index (χ1n) is 8.79. The number of methoxy groups -OCH3 is 1. The number of carbonyl (C=O) groups excluding carboxylic acids is 1. The summed E-state index contributed by atoms with van der Waals surface area (Å²) in [6.07, 6.45) is 1.66. The minimum Gasteiger partial charge on any atom is -0.496 e. The van der Waals surface area contributed by atoms with E-state index in [4.69, 9.17) is 14.0 Å². The van der Waals surface area contributed by atoms with Gasteiger partial charge in [0.25, 0.3) is 0 Å². The molecular formula is C21H22N2O4S. The van der Waals surface area contributed by atoms with E-state index in [9.17, 15) is 4.79 Å². The van der Waals surface area contributed by atoms with Crippen LogP contribution >= 0.6 is 11.8 Å². The Bertz CT molecular complexity index is 965. The van der Waals surface area contributed by atoms with Crippen LogP contribution in [0.15, 0.2) is 46.1 Å². The Hall–Kier alpha value is -2.80. The zero-order chi connectivity index (χ0) is 20.1. The van der Waals surface area contributed by atoms with Crippen LogP contribution in [0.4, 0.5) is 0 Å². The fourth-order valence-electron chi connectivity index (χ4n) is 2.75. The van der Waals surface area contributed by atoms with Gasteiger partial charge in [0.2, 0.25) is 0 Å². The van der Waals surface area contributed by atoms with E-state index in [1.54, 1.807) is 25.4 Å². The Labute approximate surface area is 168 Å². The normalized spacial score (nSPS) is 10.7. The molecule has 0 aliphatic rings. The number of ether oxygens (including phenoxy) is 2. The minimum atomic E-state index is -0.419. The van der Waals surface area contributed by atoms with Crippen molar-refractivity contribution in [1.82, 2.24) is 10.1 Å². The van der Waals surface area contributed by atoms with Gasteiger partial charge in [-0.15, -0.1) is 11.8 Å². The minimum absolute atomic E-state index is 0.132. The number of carbonyl (C=O) groups is 1. The number of esters is 1. The maximum absolute atomic E-state index is 12.7. The molecule has 28 heavy (non-hydrogen) atoms. The van der Waals surface area contributed by atoms with Crippen molar-refractivity contribution < 1.29 is 18.8 Å². The van der Waals surface area contributed by atoms with Crippen molar-refractivity contribution in [3.05, 3.63) is 70.2 Å². The van der Waals surface area contributed by atoms with Gasteiger partial charge in [-0.2, -0.15) is 0 Å². The van der Waals surface area contributed by atoms with E-state index in [0.29, 0.717) is 22.1 Å². The average Bonchev–Trinajstić information content (AvgIpc) is 3.02. The van der Waals surface area contributed by atoms with E-state index in [1.165, 1.54) is 11.8 Å². The van der Waals surface area contributed by atoms with Crippen molar-refractivity contribution in [3.8, 4) is 5.75 Å². The maximum Gasteiger partial charge on any atom is 0.341 e. The topological polar surface area (TPSA) is 74.5 Å². The first-order chi connectivity index (χ1) is 13.5. The summed E-state index contributed by atoms with van der Waals surface area (Å²) >= 11 is 1.46. The second-order valence-electron chi connectivity index (χ2n) is 6.34. The summed E-state index contributed by atoms with van der Waals surface area (Å²) in [5.41, 5.74) is 4.19. The van der Waals surface area contributed by atoms with Crippen LogP contribution in [0.5, 0.6) is 5.75 Å². The molecule has 0 radical (unpaired) electrons. The fourth-order valence-corrected chi connectivity index (χ4v) is 3.89. The number of hydrogen-bond donors (Lipinski definition) is 0. The Morgan fingerprint density at radius 2 is 2.04 bits per heavy atom. The number of thioether (sulfide) groups is 1. The number of benzene rings is 1. The molecule has 2 heterocycles. The van der Waals surface area contributed by atoms with Crippen molar-refractivity contribution in [2.75, 3.05) is 7.11 Å². The van der Waals surface area contributed by atoms with Gasteiger partial charge in [0, 0.05) is 23.1 Å². The lowest BCUT2D eigenvalue weighted by molar-refractivity contribution is 0.0465. The van der Waals surface area contributed by atoms with E-state index in [1.807, 2.05) is 39.0 Å². The number of rotatable bonds is 7. The zero-order valence-corrected chi connectivity index (χ0v) is 17.1. The molecule has 0 atom stereocenters. The van der Waals surface area contributed by atoms with Gasteiger partial charge >= 0.3 is 5.97 Å².